The van der Waals surface area contributed by atoms with E-state index in [1.165, 1.54) is 15.6 Å². The molecule has 0 aliphatic carbocycles. The summed E-state index contributed by atoms with van der Waals surface area (Å²) in [5.74, 6) is 0. The largest absolute Gasteiger partial charge is 0.0810 e. The molecule has 0 unspecified atom stereocenters. The van der Waals surface area contributed by atoms with Gasteiger partial charge in [-0.05, 0) is 34.7 Å². The predicted octanol–water partition coefficient (Wildman–Crippen LogP) is 4.02. The van der Waals surface area contributed by atoms with Gasteiger partial charge >= 0.3 is 0 Å². The maximum atomic E-state index is 3.72. The molecule has 1 radical (unpaired) electrons. The van der Waals surface area contributed by atoms with E-state index in [9.17, 15) is 0 Å². The molecule has 1 aromatic rings. The summed E-state index contributed by atoms with van der Waals surface area (Å²) in [7, 11) is -0.418. The Balaban J connectivity index is 3.47. The fourth-order valence-corrected chi connectivity index (χ4v) is 5.14. The zero-order valence-corrected chi connectivity index (χ0v) is 13.1. The topological polar surface area (TPSA) is 0 Å². The van der Waals surface area contributed by atoms with Crippen LogP contribution in [0.25, 0.3) is 0 Å². The van der Waals surface area contributed by atoms with Crippen LogP contribution in [-0.2, 0) is 5.41 Å². The Morgan fingerprint density at radius 3 is 2.07 bits per heavy atom. The highest BCUT2D eigenvalue weighted by molar-refractivity contribution is 9.10. The van der Waals surface area contributed by atoms with Crippen LogP contribution in [0, 0.1) is 6.92 Å². The lowest BCUT2D eigenvalue weighted by molar-refractivity contribution is 0.593. The van der Waals surface area contributed by atoms with Crippen molar-refractivity contribution >= 4 is 29.9 Å². The fourth-order valence-electron chi connectivity index (χ4n) is 1.84. The first-order valence-electron chi connectivity index (χ1n) is 5.34. The third-order valence-corrected chi connectivity index (χ3v) is 5.07. The van der Waals surface area contributed by atoms with Gasteiger partial charge in [-0.2, -0.15) is 0 Å². The van der Waals surface area contributed by atoms with Gasteiger partial charge in [-0.25, -0.2) is 0 Å². The molecule has 0 N–H and O–H groups in total. The van der Waals surface area contributed by atoms with Gasteiger partial charge in [0, 0.05) is 4.47 Å². The van der Waals surface area contributed by atoms with Crippen molar-refractivity contribution < 1.29 is 0 Å². The standard InChI is InChI=1S/C13H20BrSi/c1-9-7-10(13(2,3)4)12(15(5)6)11(14)8-9/h7-8H,1-6H3. The maximum Gasteiger partial charge on any atom is 0.0810 e. The van der Waals surface area contributed by atoms with Crippen molar-refractivity contribution in [3.05, 3.63) is 27.7 Å². The highest BCUT2D eigenvalue weighted by atomic mass is 79.9. The van der Waals surface area contributed by atoms with Crippen molar-refractivity contribution in [2.24, 2.45) is 0 Å². The fraction of sp³-hybridized carbons (Fsp3) is 0.538. The number of benzene rings is 1. The van der Waals surface area contributed by atoms with Crippen LogP contribution in [0.3, 0.4) is 0 Å². The molecule has 83 valence electrons. The summed E-state index contributed by atoms with van der Waals surface area (Å²) in [5, 5.41) is 1.55. The molecule has 0 aliphatic heterocycles. The van der Waals surface area contributed by atoms with Crippen molar-refractivity contribution in [1.29, 1.82) is 0 Å². The molecule has 0 fully saturated rings. The van der Waals surface area contributed by atoms with Crippen LogP contribution >= 0.6 is 15.9 Å². The molecule has 0 saturated carbocycles. The number of halogens is 1. The zero-order chi connectivity index (χ0) is 11.8. The van der Waals surface area contributed by atoms with Gasteiger partial charge < -0.3 is 0 Å². The van der Waals surface area contributed by atoms with E-state index in [1.54, 1.807) is 5.19 Å². The lowest BCUT2D eigenvalue weighted by Crippen LogP contribution is -2.34. The second-order valence-corrected chi connectivity index (χ2v) is 8.77. The summed E-state index contributed by atoms with van der Waals surface area (Å²) < 4.78 is 1.30. The first-order valence-corrected chi connectivity index (χ1v) is 8.64. The van der Waals surface area contributed by atoms with Crippen LogP contribution in [-0.4, -0.2) is 8.80 Å². The molecule has 0 spiro atoms. The molecular weight excluding hydrogens is 264 g/mol. The van der Waals surface area contributed by atoms with Crippen LogP contribution < -0.4 is 5.19 Å². The minimum absolute atomic E-state index is 0.242. The average Bonchev–Trinajstić information content (AvgIpc) is 1.99. The van der Waals surface area contributed by atoms with Crippen molar-refractivity contribution in [2.75, 3.05) is 0 Å². The third kappa shape index (κ3) is 2.94. The summed E-state index contributed by atoms with van der Waals surface area (Å²) >= 11 is 3.72. The van der Waals surface area contributed by atoms with Gasteiger partial charge in [-0.15, -0.1) is 0 Å². The molecule has 0 aromatic heterocycles. The normalized spacial score (nSPS) is 12.3. The molecule has 1 rings (SSSR count). The first kappa shape index (κ1) is 13.0. The van der Waals surface area contributed by atoms with Gasteiger partial charge in [-0.3, -0.25) is 0 Å². The highest BCUT2D eigenvalue weighted by Crippen LogP contribution is 2.25. The Morgan fingerprint density at radius 1 is 1.13 bits per heavy atom. The zero-order valence-electron chi connectivity index (χ0n) is 10.5. The van der Waals surface area contributed by atoms with Crippen LogP contribution in [0.2, 0.25) is 13.1 Å². The molecule has 15 heavy (non-hydrogen) atoms. The van der Waals surface area contributed by atoms with Crippen molar-refractivity contribution in [3.63, 3.8) is 0 Å². The van der Waals surface area contributed by atoms with E-state index >= 15 is 0 Å². The van der Waals surface area contributed by atoms with Crippen molar-refractivity contribution in [2.45, 2.75) is 46.2 Å². The summed E-state index contributed by atoms with van der Waals surface area (Å²) in [5.41, 5.74) is 3.10. The molecular formula is C13H20BrSi. The Morgan fingerprint density at radius 2 is 1.67 bits per heavy atom. The average molecular weight is 284 g/mol. The van der Waals surface area contributed by atoms with Gasteiger partial charge in [0.05, 0.1) is 8.80 Å². The van der Waals surface area contributed by atoms with E-state index in [2.05, 4.69) is 68.9 Å². The van der Waals surface area contributed by atoms with Gasteiger partial charge in [0.1, 0.15) is 0 Å². The third-order valence-electron chi connectivity index (χ3n) is 2.54. The van der Waals surface area contributed by atoms with E-state index in [-0.39, 0.29) is 5.41 Å². The minimum atomic E-state index is -0.418. The van der Waals surface area contributed by atoms with Crippen molar-refractivity contribution in [3.8, 4) is 0 Å². The summed E-state index contributed by atoms with van der Waals surface area (Å²) in [4.78, 5) is 0. The summed E-state index contributed by atoms with van der Waals surface area (Å²) in [6.45, 7) is 13.8. The second kappa shape index (κ2) is 4.42. The van der Waals surface area contributed by atoms with E-state index in [0.29, 0.717) is 0 Å². The predicted molar refractivity (Wildman–Crippen MR) is 74.7 cm³/mol. The Hall–Kier alpha value is -0.0831. The maximum absolute atomic E-state index is 3.72. The second-order valence-electron chi connectivity index (χ2n) is 5.42. The number of hydrogen-bond donors (Lipinski definition) is 0. The lowest BCUT2D eigenvalue weighted by Gasteiger charge is -2.26. The molecule has 0 saturated heterocycles. The molecule has 0 aliphatic rings. The van der Waals surface area contributed by atoms with E-state index in [0.717, 1.165) is 0 Å². The summed E-state index contributed by atoms with van der Waals surface area (Å²) in [6, 6.07) is 4.58. The Labute approximate surface area is 104 Å². The molecule has 0 nitrogen and oxygen atoms in total. The van der Waals surface area contributed by atoms with Crippen molar-refractivity contribution in [1.82, 2.24) is 0 Å². The Bertz CT molecular complexity index is 362. The highest BCUT2D eigenvalue weighted by Gasteiger charge is 2.22. The first-order chi connectivity index (χ1) is 6.73. The quantitative estimate of drug-likeness (QED) is 0.683. The number of rotatable bonds is 1. The Kier molecular flexibility index (Phi) is 3.83. The number of aryl methyl sites for hydroxylation is 1. The molecule has 0 bridgehead atoms. The summed E-state index contributed by atoms with van der Waals surface area (Å²) in [6.07, 6.45) is 0. The molecule has 0 amide bonds. The van der Waals surface area contributed by atoms with Gasteiger partial charge in [-0.1, -0.05) is 55.9 Å². The van der Waals surface area contributed by atoms with Crippen LogP contribution in [0.1, 0.15) is 31.9 Å². The molecule has 1 aromatic carbocycles. The molecule has 2 heteroatoms. The van der Waals surface area contributed by atoms with Gasteiger partial charge in [0.25, 0.3) is 0 Å². The van der Waals surface area contributed by atoms with Crippen LogP contribution in [0.5, 0.6) is 0 Å². The van der Waals surface area contributed by atoms with E-state index in [1.807, 2.05) is 0 Å². The number of hydrogen-bond acceptors (Lipinski definition) is 0. The van der Waals surface area contributed by atoms with E-state index in [4.69, 9.17) is 0 Å². The monoisotopic (exact) mass is 283 g/mol. The molecule has 0 atom stereocenters. The van der Waals surface area contributed by atoms with Gasteiger partial charge in [0.2, 0.25) is 0 Å². The van der Waals surface area contributed by atoms with Gasteiger partial charge in [0.15, 0.2) is 0 Å². The van der Waals surface area contributed by atoms with Crippen LogP contribution in [0.4, 0.5) is 0 Å². The minimum Gasteiger partial charge on any atom is -0.0670 e. The van der Waals surface area contributed by atoms with E-state index < -0.39 is 8.80 Å². The molecule has 0 heterocycles. The van der Waals surface area contributed by atoms with Crippen LogP contribution in [0.15, 0.2) is 16.6 Å². The smallest absolute Gasteiger partial charge is 0.0670 e. The SMILES string of the molecule is Cc1cc(Br)c([Si](C)C)c(C(C)(C)C)c1. The lowest BCUT2D eigenvalue weighted by atomic mass is 9.86.